The van der Waals surface area contributed by atoms with Gasteiger partial charge in [0.1, 0.15) is 34.5 Å². The zero-order valence-corrected chi connectivity index (χ0v) is 32.9. The molecule has 0 aliphatic rings. The van der Waals surface area contributed by atoms with E-state index in [4.69, 9.17) is 8.83 Å². The monoisotopic (exact) mass is 790 g/mol. The maximum atomic E-state index is 10.9. The minimum atomic E-state index is 0.382. The summed E-state index contributed by atoms with van der Waals surface area (Å²) in [5.74, 6) is 0. The quantitative estimate of drug-likeness (QED) is 0.178. The first-order chi connectivity index (χ1) is 30.7. The molecule has 0 amide bonds. The number of benzene rings is 9. The molecule has 0 N–H and O–H groups in total. The third-order valence-corrected chi connectivity index (χ3v) is 12.6. The number of fused-ring (bicyclic) bond motifs is 14. The van der Waals surface area contributed by atoms with Gasteiger partial charge in [0.15, 0.2) is 0 Å². The Balaban J connectivity index is 1.15. The molecule has 62 heavy (non-hydrogen) atoms. The summed E-state index contributed by atoms with van der Waals surface area (Å²) in [5, 5.41) is 29.9. The molecule has 0 fully saturated rings. The van der Waals surface area contributed by atoms with E-state index in [9.17, 15) is 10.5 Å². The molecule has 0 aliphatic heterocycles. The second-order valence-corrected chi connectivity index (χ2v) is 15.8. The number of para-hydroxylation sites is 2. The molecule has 0 aliphatic carbocycles. The SMILES string of the molecule is N#Cc1cc(C#N)c(-n2c3ccc(-c4ccccc4)cc3c3c4oc5ccccc5c4ccc32)cc1-n1c2ccc(-c3ccccc3)cc2c2c3oc4ccccc4c3ccc21. The van der Waals surface area contributed by atoms with Crippen LogP contribution in [0.15, 0.2) is 191 Å². The molecule has 0 saturated carbocycles. The average molecular weight is 791 g/mol. The normalized spacial score (nSPS) is 11.8. The van der Waals surface area contributed by atoms with Crippen LogP contribution >= 0.6 is 0 Å². The van der Waals surface area contributed by atoms with Crippen molar-refractivity contribution in [3.05, 3.63) is 193 Å². The fraction of sp³-hybridized carbons (Fsp3) is 0. The van der Waals surface area contributed by atoms with Gasteiger partial charge in [-0.15, -0.1) is 0 Å². The van der Waals surface area contributed by atoms with Gasteiger partial charge in [-0.2, -0.15) is 10.5 Å². The first kappa shape index (κ1) is 34.1. The summed E-state index contributed by atoms with van der Waals surface area (Å²) in [6.45, 7) is 0. The lowest BCUT2D eigenvalue weighted by Crippen LogP contribution is -2.04. The number of nitriles is 2. The Kier molecular flexibility index (Phi) is 7.05. The topological polar surface area (TPSA) is 83.7 Å². The molecule has 286 valence electrons. The predicted octanol–water partition coefficient (Wildman–Crippen LogP) is 14.8. The highest BCUT2D eigenvalue weighted by Gasteiger charge is 2.25. The van der Waals surface area contributed by atoms with Gasteiger partial charge in [0.05, 0.1) is 55.3 Å². The lowest BCUT2D eigenvalue weighted by atomic mass is 10.0. The van der Waals surface area contributed by atoms with Crippen molar-refractivity contribution >= 4 is 87.5 Å². The number of hydrogen-bond donors (Lipinski definition) is 0. The molecule has 4 heterocycles. The van der Waals surface area contributed by atoms with Gasteiger partial charge in [-0.3, -0.25) is 0 Å². The number of hydrogen-bond acceptors (Lipinski definition) is 4. The highest BCUT2D eigenvalue weighted by molar-refractivity contribution is 6.26. The smallest absolute Gasteiger partial charge is 0.145 e. The van der Waals surface area contributed by atoms with Crippen molar-refractivity contribution in [2.45, 2.75) is 0 Å². The van der Waals surface area contributed by atoms with Crippen LogP contribution in [0.4, 0.5) is 0 Å². The van der Waals surface area contributed by atoms with Gasteiger partial charge in [-0.1, -0.05) is 109 Å². The minimum Gasteiger partial charge on any atom is -0.455 e. The zero-order chi connectivity index (χ0) is 41.1. The van der Waals surface area contributed by atoms with Crippen molar-refractivity contribution in [1.29, 1.82) is 10.5 Å². The van der Waals surface area contributed by atoms with Crippen molar-refractivity contribution in [2.75, 3.05) is 0 Å². The summed E-state index contributed by atoms with van der Waals surface area (Å²) in [6.07, 6.45) is 0. The maximum absolute atomic E-state index is 10.9. The number of nitrogens with zero attached hydrogens (tertiary/aromatic N) is 4. The highest BCUT2D eigenvalue weighted by atomic mass is 16.3. The summed E-state index contributed by atoms with van der Waals surface area (Å²) in [7, 11) is 0. The Hall–Kier alpha value is -8.84. The molecular formula is C56H30N4O2. The molecular weight excluding hydrogens is 761 g/mol. The van der Waals surface area contributed by atoms with E-state index in [-0.39, 0.29) is 0 Å². The van der Waals surface area contributed by atoms with Gasteiger partial charge in [0.25, 0.3) is 0 Å². The van der Waals surface area contributed by atoms with Crippen LogP contribution < -0.4 is 0 Å². The van der Waals surface area contributed by atoms with Gasteiger partial charge >= 0.3 is 0 Å². The van der Waals surface area contributed by atoms with E-state index in [0.29, 0.717) is 22.5 Å². The van der Waals surface area contributed by atoms with E-state index in [2.05, 4.69) is 118 Å². The van der Waals surface area contributed by atoms with Crippen LogP contribution in [0.5, 0.6) is 0 Å². The van der Waals surface area contributed by atoms with Crippen molar-refractivity contribution < 1.29 is 8.83 Å². The average Bonchev–Trinajstić information content (AvgIpc) is 4.08. The van der Waals surface area contributed by atoms with Gasteiger partial charge in [-0.25, -0.2) is 0 Å². The standard InChI is InChI=1S/C56H30N4O2/c57-31-37-27-38(32-58)50(60-46-24-20-36(34-13-5-2-6-14-34)29-44(46)54-48(60)26-22-42-40-16-8-10-18-52(40)62-56(42)54)30-49(37)59-45-23-19-35(33-11-3-1-4-12-33)28-43(45)53-47(59)25-21-41-39-15-7-9-17-51(39)61-55(41)53/h1-30H. The van der Waals surface area contributed by atoms with Gasteiger partial charge in [-0.05, 0) is 95.1 Å². The molecule has 0 atom stereocenters. The van der Waals surface area contributed by atoms with Crippen molar-refractivity contribution in [2.24, 2.45) is 0 Å². The number of rotatable bonds is 4. The van der Waals surface area contributed by atoms with E-state index in [1.54, 1.807) is 6.07 Å². The largest absolute Gasteiger partial charge is 0.455 e. The summed E-state index contributed by atoms with van der Waals surface area (Å²) < 4.78 is 17.7. The second kappa shape index (κ2) is 12.8. The fourth-order valence-corrected chi connectivity index (χ4v) is 9.84. The fourth-order valence-electron chi connectivity index (χ4n) is 9.84. The van der Waals surface area contributed by atoms with Crippen LogP contribution in [-0.2, 0) is 0 Å². The Bertz CT molecular complexity index is 3850. The Labute approximate surface area is 353 Å². The van der Waals surface area contributed by atoms with Crippen LogP contribution in [0, 0.1) is 22.7 Å². The molecule has 0 saturated heterocycles. The Morgan fingerprint density at radius 3 is 1.21 bits per heavy atom. The minimum absolute atomic E-state index is 0.382. The predicted molar refractivity (Wildman–Crippen MR) is 250 cm³/mol. The van der Waals surface area contributed by atoms with Crippen molar-refractivity contribution in [3.8, 4) is 45.8 Å². The molecule has 6 heteroatoms. The Morgan fingerprint density at radius 2 is 0.758 bits per heavy atom. The molecule has 13 aromatic rings. The molecule has 4 aromatic heterocycles. The molecule has 13 rings (SSSR count). The molecule has 9 aromatic carbocycles. The van der Waals surface area contributed by atoms with Crippen molar-refractivity contribution in [1.82, 2.24) is 9.13 Å². The molecule has 0 bridgehead atoms. The molecule has 0 radical (unpaired) electrons. The van der Waals surface area contributed by atoms with E-state index < -0.39 is 0 Å². The van der Waals surface area contributed by atoms with Gasteiger partial charge in [0, 0.05) is 32.3 Å². The highest BCUT2D eigenvalue weighted by Crippen LogP contribution is 2.45. The molecule has 6 nitrogen and oxygen atoms in total. The number of aromatic nitrogens is 2. The van der Waals surface area contributed by atoms with Crippen LogP contribution in [0.25, 0.3) is 121 Å². The van der Waals surface area contributed by atoms with Crippen LogP contribution in [0.1, 0.15) is 11.1 Å². The molecule has 0 spiro atoms. The maximum Gasteiger partial charge on any atom is 0.145 e. The van der Waals surface area contributed by atoms with Crippen LogP contribution in [0.2, 0.25) is 0 Å². The Morgan fingerprint density at radius 1 is 0.339 bits per heavy atom. The third-order valence-electron chi connectivity index (χ3n) is 12.6. The zero-order valence-electron chi connectivity index (χ0n) is 32.9. The van der Waals surface area contributed by atoms with E-state index >= 15 is 0 Å². The summed E-state index contributed by atoms with van der Waals surface area (Å²) in [4.78, 5) is 0. The van der Waals surface area contributed by atoms with E-state index in [0.717, 1.165) is 110 Å². The lowest BCUT2D eigenvalue weighted by Gasteiger charge is -2.16. The summed E-state index contributed by atoms with van der Waals surface area (Å²) >= 11 is 0. The first-order valence-electron chi connectivity index (χ1n) is 20.5. The van der Waals surface area contributed by atoms with Crippen molar-refractivity contribution in [3.63, 3.8) is 0 Å². The van der Waals surface area contributed by atoms with E-state index in [1.165, 1.54) is 0 Å². The second-order valence-electron chi connectivity index (χ2n) is 15.8. The molecule has 0 unspecified atom stereocenters. The lowest BCUT2D eigenvalue weighted by molar-refractivity contribution is 0.672. The van der Waals surface area contributed by atoms with Gasteiger partial charge in [0.2, 0.25) is 0 Å². The van der Waals surface area contributed by atoms with Crippen LogP contribution in [-0.4, -0.2) is 9.13 Å². The van der Waals surface area contributed by atoms with Gasteiger partial charge < -0.3 is 18.0 Å². The third kappa shape index (κ3) is 4.72. The first-order valence-corrected chi connectivity index (χ1v) is 20.5. The summed E-state index contributed by atoms with van der Waals surface area (Å²) in [6, 6.07) is 67.1. The van der Waals surface area contributed by atoms with E-state index in [1.807, 2.05) is 78.9 Å². The number of furan rings is 2. The van der Waals surface area contributed by atoms with Crippen LogP contribution in [0.3, 0.4) is 0 Å². The summed E-state index contributed by atoms with van der Waals surface area (Å²) in [5.41, 5.74) is 13.2.